The number of methoxy groups -OCH3 is 1. The lowest BCUT2D eigenvalue weighted by Crippen LogP contribution is -2.59. The molecular weight excluding hydrogens is 468 g/mol. The maximum absolute atomic E-state index is 13.0. The Balaban J connectivity index is 1.57. The molecule has 0 saturated carbocycles. The topological polar surface area (TPSA) is 80.7 Å². The molecule has 0 bridgehead atoms. The Morgan fingerprint density at radius 3 is 2.50 bits per heavy atom. The maximum Gasteiger partial charge on any atom is 0.387 e. The first-order valence-electron chi connectivity index (χ1n) is 10.9. The van der Waals surface area contributed by atoms with Crippen LogP contribution in [0.2, 0.25) is 0 Å². The number of piperidine rings is 1. The molecule has 0 amide bonds. The quantitative estimate of drug-likeness (QED) is 0.633. The van der Waals surface area contributed by atoms with Crippen molar-refractivity contribution in [3.63, 3.8) is 0 Å². The third kappa shape index (κ3) is 3.86. The van der Waals surface area contributed by atoms with Gasteiger partial charge in [0.1, 0.15) is 5.75 Å². The smallest absolute Gasteiger partial charge is 0.387 e. The third-order valence-corrected chi connectivity index (χ3v) is 7.90. The predicted molar refractivity (Wildman–Crippen MR) is 121 cm³/mol. The van der Waals surface area contributed by atoms with Gasteiger partial charge in [-0.25, -0.2) is 17.7 Å². The van der Waals surface area contributed by atoms with Gasteiger partial charge in [0.2, 0.25) is 15.7 Å². The fraction of sp³-hybridized carbons (Fsp3) is 0.435. The standard InChI is InChI=1S/C23H25F2N3O5S/c1-31-20-9-5-7-16-18-14-17(15-6-3-4-8-19(15)32-22(24)25)26-28(18)23(33-21(16)20)10-12-27(13-11-23)34(2,29)30/h3-9,18,22H,10-14H2,1-2H3/t18-/m1/s1. The number of halogens is 2. The molecule has 0 radical (unpaired) electrons. The zero-order chi connectivity index (χ0) is 24.1. The highest BCUT2D eigenvalue weighted by atomic mass is 32.2. The fourth-order valence-electron chi connectivity index (χ4n) is 4.99. The second-order valence-corrected chi connectivity index (χ2v) is 10.6. The van der Waals surface area contributed by atoms with Crippen LogP contribution in [0.25, 0.3) is 0 Å². The number of rotatable bonds is 5. The van der Waals surface area contributed by atoms with Crippen molar-refractivity contribution in [1.29, 1.82) is 0 Å². The summed E-state index contributed by atoms with van der Waals surface area (Å²) in [5.74, 6) is 1.24. The minimum Gasteiger partial charge on any atom is -0.493 e. The van der Waals surface area contributed by atoms with Gasteiger partial charge in [-0.3, -0.25) is 0 Å². The highest BCUT2D eigenvalue weighted by molar-refractivity contribution is 7.88. The number of benzene rings is 2. The number of sulfonamides is 1. The van der Waals surface area contributed by atoms with E-state index in [9.17, 15) is 17.2 Å². The number of para-hydroxylation sites is 2. The van der Waals surface area contributed by atoms with Crippen LogP contribution >= 0.6 is 0 Å². The lowest BCUT2D eigenvalue weighted by atomic mass is 9.91. The summed E-state index contributed by atoms with van der Waals surface area (Å²) >= 11 is 0. The Bertz CT molecular complexity index is 1230. The van der Waals surface area contributed by atoms with E-state index in [1.807, 2.05) is 23.2 Å². The van der Waals surface area contributed by atoms with Crippen molar-refractivity contribution in [1.82, 2.24) is 9.31 Å². The monoisotopic (exact) mass is 493 g/mol. The first kappa shape index (κ1) is 22.9. The SMILES string of the molecule is COc1cccc2c1OC1(CCN(S(C)(=O)=O)CC1)N1N=C(c3ccccc3OC(F)F)C[C@H]21. The average Bonchev–Trinajstić information content (AvgIpc) is 3.25. The van der Waals surface area contributed by atoms with Crippen LogP contribution in [-0.2, 0) is 10.0 Å². The maximum atomic E-state index is 13.0. The minimum atomic E-state index is -3.34. The van der Waals surface area contributed by atoms with Crippen LogP contribution in [0.4, 0.5) is 8.78 Å². The van der Waals surface area contributed by atoms with Crippen LogP contribution in [0.3, 0.4) is 0 Å². The second-order valence-electron chi connectivity index (χ2n) is 8.57. The third-order valence-electron chi connectivity index (χ3n) is 6.59. The predicted octanol–water partition coefficient (Wildman–Crippen LogP) is 3.59. The van der Waals surface area contributed by atoms with Crippen LogP contribution in [0, 0.1) is 0 Å². The molecule has 5 rings (SSSR count). The Morgan fingerprint density at radius 1 is 1.12 bits per heavy atom. The Kier molecular flexibility index (Phi) is 5.64. The van der Waals surface area contributed by atoms with E-state index in [2.05, 4.69) is 0 Å². The van der Waals surface area contributed by atoms with Crippen LogP contribution in [0.1, 0.15) is 36.4 Å². The molecule has 3 aliphatic heterocycles. The van der Waals surface area contributed by atoms with Gasteiger partial charge in [-0.2, -0.15) is 13.9 Å². The first-order valence-corrected chi connectivity index (χ1v) is 12.8. The zero-order valence-electron chi connectivity index (χ0n) is 18.8. The lowest BCUT2D eigenvalue weighted by molar-refractivity contribution is -0.144. The van der Waals surface area contributed by atoms with E-state index in [-0.39, 0.29) is 24.9 Å². The molecule has 2 aromatic carbocycles. The van der Waals surface area contributed by atoms with Crippen LogP contribution in [-0.4, -0.2) is 62.2 Å². The molecule has 1 fully saturated rings. The molecule has 182 valence electrons. The summed E-state index contributed by atoms with van der Waals surface area (Å²) in [6.07, 6.45) is 2.42. The van der Waals surface area contributed by atoms with E-state index >= 15 is 0 Å². The summed E-state index contributed by atoms with van der Waals surface area (Å²) in [6.45, 7) is -2.39. The van der Waals surface area contributed by atoms with Gasteiger partial charge in [-0.15, -0.1) is 0 Å². The number of hydrogen-bond donors (Lipinski definition) is 0. The summed E-state index contributed by atoms with van der Waals surface area (Å²) in [6, 6.07) is 12.0. The number of hydrogen-bond acceptors (Lipinski definition) is 7. The first-order chi connectivity index (χ1) is 16.2. The number of hydrazone groups is 1. The van der Waals surface area contributed by atoms with Crippen molar-refractivity contribution in [2.24, 2.45) is 5.10 Å². The Morgan fingerprint density at radius 2 is 1.82 bits per heavy atom. The van der Waals surface area contributed by atoms with E-state index in [4.69, 9.17) is 19.3 Å². The normalized spacial score (nSPS) is 21.6. The summed E-state index contributed by atoms with van der Waals surface area (Å²) in [5, 5.41) is 6.74. The van der Waals surface area contributed by atoms with Crippen molar-refractivity contribution < 1.29 is 31.4 Å². The number of nitrogens with zero attached hydrogens (tertiary/aromatic N) is 3. The molecule has 0 aromatic heterocycles. The van der Waals surface area contributed by atoms with Crippen molar-refractivity contribution in [3.05, 3.63) is 53.6 Å². The number of ether oxygens (including phenoxy) is 3. The van der Waals surface area contributed by atoms with E-state index in [0.717, 1.165) is 5.56 Å². The largest absolute Gasteiger partial charge is 0.493 e. The van der Waals surface area contributed by atoms with E-state index in [1.54, 1.807) is 25.3 Å². The summed E-state index contributed by atoms with van der Waals surface area (Å²) in [7, 11) is -1.77. The molecule has 1 atom stereocenters. The van der Waals surface area contributed by atoms with Crippen molar-refractivity contribution >= 4 is 15.7 Å². The molecule has 2 aromatic rings. The van der Waals surface area contributed by atoms with Gasteiger partial charge >= 0.3 is 6.61 Å². The molecule has 0 N–H and O–H groups in total. The van der Waals surface area contributed by atoms with Gasteiger partial charge in [-0.1, -0.05) is 24.3 Å². The molecule has 1 spiro atoms. The van der Waals surface area contributed by atoms with Gasteiger partial charge in [0.15, 0.2) is 11.5 Å². The molecule has 11 heteroatoms. The van der Waals surface area contributed by atoms with Gasteiger partial charge in [0.05, 0.1) is 25.1 Å². The number of alkyl halides is 2. The second kappa shape index (κ2) is 8.38. The summed E-state index contributed by atoms with van der Waals surface area (Å²) < 4.78 is 68.5. The number of fused-ring (bicyclic) bond motifs is 4. The van der Waals surface area contributed by atoms with Gasteiger partial charge in [0, 0.05) is 43.5 Å². The van der Waals surface area contributed by atoms with Gasteiger partial charge in [-0.05, 0) is 18.2 Å². The van der Waals surface area contributed by atoms with Crippen LogP contribution < -0.4 is 14.2 Å². The Hall–Kier alpha value is -2.92. The van der Waals surface area contributed by atoms with Crippen molar-refractivity contribution in [2.45, 2.75) is 37.6 Å². The fourth-order valence-corrected chi connectivity index (χ4v) is 5.84. The average molecular weight is 494 g/mol. The van der Waals surface area contributed by atoms with E-state index < -0.39 is 22.4 Å². The van der Waals surface area contributed by atoms with Gasteiger partial charge in [0.25, 0.3) is 0 Å². The van der Waals surface area contributed by atoms with Crippen molar-refractivity contribution in [3.8, 4) is 17.2 Å². The molecule has 8 nitrogen and oxygen atoms in total. The van der Waals surface area contributed by atoms with Crippen LogP contribution in [0.15, 0.2) is 47.6 Å². The molecule has 0 aliphatic carbocycles. The minimum absolute atomic E-state index is 0.0591. The molecule has 0 unspecified atom stereocenters. The van der Waals surface area contributed by atoms with Gasteiger partial charge < -0.3 is 14.2 Å². The molecule has 34 heavy (non-hydrogen) atoms. The molecule has 1 saturated heterocycles. The summed E-state index contributed by atoms with van der Waals surface area (Å²) in [4.78, 5) is 0. The molecule has 3 heterocycles. The van der Waals surface area contributed by atoms with E-state index in [1.165, 1.54) is 16.6 Å². The highest BCUT2D eigenvalue weighted by Gasteiger charge is 2.53. The van der Waals surface area contributed by atoms with Crippen molar-refractivity contribution in [2.75, 3.05) is 26.5 Å². The molecule has 3 aliphatic rings. The van der Waals surface area contributed by atoms with Crippen LogP contribution in [0.5, 0.6) is 17.2 Å². The highest BCUT2D eigenvalue weighted by Crippen LogP contribution is 2.53. The van der Waals surface area contributed by atoms with E-state index in [0.29, 0.717) is 42.0 Å². The zero-order valence-corrected chi connectivity index (χ0v) is 19.6. The molecular formula is C23H25F2N3O5S. The lowest BCUT2D eigenvalue weighted by Gasteiger charge is -2.50. The summed E-state index contributed by atoms with van der Waals surface area (Å²) in [5.41, 5.74) is 1.07. The Labute approximate surface area is 196 Å².